The van der Waals surface area contributed by atoms with E-state index in [1.807, 2.05) is 20.8 Å². The predicted molar refractivity (Wildman–Crippen MR) is 50.1 cm³/mol. The van der Waals surface area contributed by atoms with E-state index in [2.05, 4.69) is 5.32 Å². The van der Waals surface area contributed by atoms with E-state index >= 15 is 0 Å². The van der Waals surface area contributed by atoms with Crippen LogP contribution >= 0.6 is 0 Å². The Kier molecular flexibility index (Phi) is 5.46. The highest BCUT2D eigenvalue weighted by atomic mass is 16.3. The van der Waals surface area contributed by atoms with E-state index in [1.54, 1.807) is 0 Å². The average Bonchev–Trinajstić information content (AvgIpc) is 2.13. The van der Waals surface area contributed by atoms with Crippen LogP contribution in [0.15, 0.2) is 0 Å². The van der Waals surface area contributed by atoms with E-state index in [0.29, 0.717) is 6.54 Å². The number of aliphatic hydroxyl groups excluding tert-OH is 2. The molecule has 0 spiro atoms. The molecule has 0 heterocycles. The van der Waals surface area contributed by atoms with Gasteiger partial charge in [-0.05, 0) is 19.8 Å². The number of nitrogens with one attached hydrogen (secondary N) is 1. The van der Waals surface area contributed by atoms with Crippen LogP contribution in [0.5, 0.6) is 0 Å². The Morgan fingerprint density at radius 2 is 2.00 bits per heavy atom. The molecule has 0 bridgehead atoms. The van der Waals surface area contributed by atoms with Gasteiger partial charge in [-0.2, -0.15) is 0 Å². The van der Waals surface area contributed by atoms with Gasteiger partial charge in [-0.1, -0.05) is 13.8 Å². The Bertz CT molecular complexity index is 113. The van der Waals surface area contributed by atoms with Crippen molar-refractivity contribution < 1.29 is 10.2 Å². The Morgan fingerprint density at radius 3 is 2.33 bits per heavy atom. The molecule has 12 heavy (non-hydrogen) atoms. The van der Waals surface area contributed by atoms with Gasteiger partial charge in [0.1, 0.15) is 0 Å². The van der Waals surface area contributed by atoms with Gasteiger partial charge in [0.2, 0.25) is 0 Å². The molecule has 0 amide bonds. The molecule has 0 aromatic carbocycles. The minimum Gasteiger partial charge on any atom is -0.394 e. The third kappa shape index (κ3) is 4.04. The maximum absolute atomic E-state index is 9.27. The van der Waals surface area contributed by atoms with Gasteiger partial charge in [-0.15, -0.1) is 0 Å². The molecule has 0 aromatic rings. The molecule has 3 heteroatoms. The lowest BCUT2D eigenvalue weighted by molar-refractivity contribution is 0.123. The molecule has 2 atom stereocenters. The molecule has 0 rings (SSSR count). The molecule has 0 fully saturated rings. The van der Waals surface area contributed by atoms with Gasteiger partial charge >= 0.3 is 0 Å². The third-order valence-corrected chi connectivity index (χ3v) is 2.37. The summed E-state index contributed by atoms with van der Waals surface area (Å²) in [7, 11) is 0. The first-order valence-corrected chi connectivity index (χ1v) is 4.62. The van der Waals surface area contributed by atoms with Crippen molar-refractivity contribution >= 4 is 0 Å². The van der Waals surface area contributed by atoms with E-state index in [1.165, 1.54) is 0 Å². The second kappa shape index (κ2) is 5.51. The van der Waals surface area contributed by atoms with Crippen LogP contribution in [0, 0.1) is 0 Å². The van der Waals surface area contributed by atoms with Gasteiger partial charge in [0.25, 0.3) is 0 Å². The number of β-amino-alcohol motifs (C(OH)–C–C–N with tert-alkyl or cyclic N) is 1. The molecule has 0 aliphatic carbocycles. The molecule has 0 saturated heterocycles. The summed E-state index contributed by atoms with van der Waals surface area (Å²) in [6, 6.07) is 0. The smallest absolute Gasteiger partial charge is 0.0662 e. The fraction of sp³-hybridized carbons (Fsp3) is 1.00. The van der Waals surface area contributed by atoms with Crippen LogP contribution < -0.4 is 5.32 Å². The first kappa shape index (κ1) is 11.9. The minimum atomic E-state index is -0.303. The fourth-order valence-electron chi connectivity index (χ4n) is 0.801. The molecular weight excluding hydrogens is 154 g/mol. The van der Waals surface area contributed by atoms with E-state index in [0.717, 1.165) is 12.8 Å². The van der Waals surface area contributed by atoms with Gasteiger partial charge in [0.15, 0.2) is 0 Å². The van der Waals surface area contributed by atoms with Gasteiger partial charge in [0.05, 0.1) is 12.7 Å². The quantitative estimate of drug-likeness (QED) is 0.551. The van der Waals surface area contributed by atoms with Crippen LogP contribution in [0.4, 0.5) is 0 Å². The number of hydrogen-bond acceptors (Lipinski definition) is 3. The zero-order valence-electron chi connectivity index (χ0n) is 8.30. The summed E-state index contributed by atoms with van der Waals surface area (Å²) in [5.74, 6) is 0. The lowest BCUT2D eigenvalue weighted by Crippen LogP contribution is -2.48. The lowest BCUT2D eigenvalue weighted by atomic mass is 10.00. The summed E-state index contributed by atoms with van der Waals surface area (Å²) >= 11 is 0. The second-order valence-corrected chi connectivity index (χ2v) is 3.52. The maximum atomic E-state index is 9.27. The van der Waals surface area contributed by atoms with Crippen molar-refractivity contribution in [1.29, 1.82) is 0 Å². The van der Waals surface area contributed by atoms with Crippen molar-refractivity contribution in [3.8, 4) is 0 Å². The van der Waals surface area contributed by atoms with Crippen LogP contribution in [0.1, 0.15) is 33.6 Å². The molecule has 2 unspecified atom stereocenters. The van der Waals surface area contributed by atoms with Crippen molar-refractivity contribution in [2.24, 2.45) is 0 Å². The molecule has 0 saturated carbocycles. The summed E-state index contributed by atoms with van der Waals surface area (Å²) in [5, 5.41) is 21.4. The monoisotopic (exact) mass is 175 g/mol. The van der Waals surface area contributed by atoms with Crippen LogP contribution in [0.2, 0.25) is 0 Å². The van der Waals surface area contributed by atoms with Crippen LogP contribution in [0.3, 0.4) is 0 Å². The Balaban J connectivity index is 3.72. The van der Waals surface area contributed by atoms with Crippen molar-refractivity contribution in [2.45, 2.75) is 45.3 Å². The first-order valence-electron chi connectivity index (χ1n) is 4.62. The normalized spacial score (nSPS) is 18.8. The van der Waals surface area contributed by atoms with Crippen molar-refractivity contribution in [3.63, 3.8) is 0 Å². The standard InChI is InChI=1S/C9H21NO2/c1-4-8(12)6-10-9(3,5-2)7-11/h8,10-12H,4-7H2,1-3H3. The average molecular weight is 175 g/mol. The van der Waals surface area contributed by atoms with Crippen molar-refractivity contribution in [2.75, 3.05) is 13.2 Å². The van der Waals surface area contributed by atoms with Gasteiger partial charge in [-0.3, -0.25) is 0 Å². The Labute approximate surface area is 74.8 Å². The zero-order valence-corrected chi connectivity index (χ0v) is 8.30. The van der Waals surface area contributed by atoms with Crippen molar-refractivity contribution in [3.05, 3.63) is 0 Å². The van der Waals surface area contributed by atoms with E-state index in [4.69, 9.17) is 5.11 Å². The molecule has 74 valence electrons. The largest absolute Gasteiger partial charge is 0.394 e. The van der Waals surface area contributed by atoms with Gasteiger partial charge in [0, 0.05) is 12.1 Å². The van der Waals surface area contributed by atoms with Gasteiger partial charge in [-0.25, -0.2) is 0 Å². The maximum Gasteiger partial charge on any atom is 0.0662 e. The fourth-order valence-corrected chi connectivity index (χ4v) is 0.801. The van der Waals surface area contributed by atoms with Gasteiger partial charge < -0.3 is 15.5 Å². The number of aliphatic hydroxyl groups is 2. The Hall–Kier alpha value is -0.120. The van der Waals surface area contributed by atoms with E-state index in [-0.39, 0.29) is 18.2 Å². The second-order valence-electron chi connectivity index (χ2n) is 3.52. The highest BCUT2D eigenvalue weighted by molar-refractivity contribution is 4.81. The lowest BCUT2D eigenvalue weighted by Gasteiger charge is -2.28. The molecule has 0 aliphatic heterocycles. The summed E-state index contributed by atoms with van der Waals surface area (Å²) in [4.78, 5) is 0. The SMILES string of the molecule is CCC(O)CNC(C)(CC)CO. The summed E-state index contributed by atoms with van der Waals surface area (Å²) in [5.41, 5.74) is -0.240. The van der Waals surface area contributed by atoms with Crippen LogP contribution in [-0.2, 0) is 0 Å². The predicted octanol–water partition coefficient (Wildman–Crippen LogP) is 0.508. The molecule has 3 N–H and O–H groups in total. The molecule has 0 aliphatic rings. The van der Waals surface area contributed by atoms with E-state index < -0.39 is 0 Å². The van der Waals surface area contributed by atoms with E-state index in [9.17, 15) is 5.11 Å². The zero-order chi connectivity index (χ0) is 9.61. The summed E-state index contributed by atoms with van der Waals surface area (Å²) in [6.45, 7) is 6.58. The molecule has 3 nitrogen and oxygen atoms in total. The highest BCUT2D eigenvalue weighted by Gasteiger charge is 2.20. The Morgan fingerprint density at radius 1 is 1.42 bits per heavy atom. The minimum absolute atomic E-state index is 0.111. The number of hydrogen-bond donors (Lipinski definition) is 3. The third-order valence-electron chi connectivity index (χ3n) is 2.37. The molecule has 0 aromatic heterocycles. The number of rotatable bonds is 6. The van der Waals surface area contributed by atoms with Crippen LogP contribution in [0.25, 0.3) is 0 Å². The first-order chi connectivity index (χ1) is 5.58. The van der Waals surface area contributed by atoms with Crippen molar-refractivity contribution in [1.82, 2.24) is 5.32 Å². The summed E-state index contributed by atoms with van der Waals surface area (Å²) in [6.07, 6.45) is 1.31. The summed E-state index contributed by atoms with van der Waals surface area (Å²) < 4.78 is 0. The molecular formula is C9H21NO2. The van der Waals surface area contributed by atoms with Crippen LogP contribution in [-0.4, -0.2) is 35.0 Å². The highest BCUT2D eigenvalue weighted by Crippen LogP contribution is 2.07. The topological polar surface area (TPSA) is 52.5 Å². The molecule has 0 radical (unpaired) electrons.